The normalized spacial score (nSPS) is 16.6. The van der Waals surface area contributed by atoms with Crippen LogP contribution in [0.1, 0.15) is 12.5 Å². The van der Waals surface area contributed by atoms with E-state index in [0.717, 1.165) is 0 Å². The van der Waals surface area contributed by atoms with Gasteiger partial charge in [0.25, 0.3) is 11.8 Å². The van der Waals surface area contributed by atoms with Gasteiger partial charge in [0.2, 0.25) is 0 Å². The third kappa shape index (κ3) is 4.61. The summed E-state index contributed by atoms with van der Waals surface area (Å²) in [5, 5.41) is 11.8. The number of rotatable bonds is 5. The van der Waals surface area contributed by atoms with Crippen LogP contribution in [0.15, 0.2) is 54.1 Å². The Hall–Kier alpha value is -3.23. The lowest BCUT2D eigenvalue weighted by atomic mass is 10.1. The molecule has 29 heavy (non-hydrogen) atoms. The number of benzene rings is 2. The Labute approximate surface area is 176 Å². The van der Waals surface area contributed by atoms with Crippen molar-refractivity contribution < 1.29 is 24.2 Å². The molecule has 0 aromatic heterocycles. The van der Waals surface area contributed by atoms with Gasteiger partial charge in [-0.05, 0) is 61.1 Å². The van der Waals surface area contributed by atoms with E-state index in [1.165, 1.54) is 17.9 Å². The Bertz CT molecular complexity index is 1040. The van der Waals surface area contributed by atoms with Crippen molar-refractivity contribution in [3.05, 3.63) is 64.7 Å². The third-order valence-electron chi connectivity index (χ3n) is 4.02. The van der Waals surface area contributed by atoms with E-state index in [-0.39, 0.29) is 10.7 Å². The molecule has 1 aliphatic rings. The van der Waals surface area contributed by atoms with Crippen molar-refractivity contribution in [1.29, 1.82) is 0 Å². The molecule has 0 unspecified atom stereocenters. The van der Waals surface area contributed by atoms with Crippen LogP contribution >= 0.6 is 23.8 Å². The van der Waals surface area contributed by atoms with Gasteiger partial charge in [-0.2, -0.15) is 0 Å². The van der Waals surface area contributed by atoms with Gasteiger partial charge in [-0.3, -0.25) is 19.8 Å². The van der Waals surface area contributed by atoms with Gasteiger partial charge < -0.3 is 9.84 Å². The number of anilines is 1. The van der Waals surface area contributed by atoms with E-state index in [2.05, 4.69) is 5.32 Å². The zero-order chi connectivity index (χ0) is 21.1. The van der Waals surface area contributed by atoms with Crippen LogP contribution in [0.2, 0.25) is 5.02 Å². The number of thiocarbonyl (C=S) groups is 1. The molecule has 3 rings (SSSR count). The van der Waals surface area contributed by atoms with Crippen molar-refractivity contribution in [2.45, 2.75) is 13.0 Å². The highest BCUT2D eigenvalue weighted by Crippen LogP contribution is 2.25. The van der Waals surface area contributed by atoms with E-state index in [9.17, 15) is 14.4 Å². The molecule has 1 saturated heterocycles. The Morgan fingerprint density at radius 1 is 1.24 bits per heavy atom. The van der Waals surface area contributed by atoms with Crippen LogP contribution in [0.3, 0.4) is 0 Å². The smallest absolute Gasteiger partial charge is 0.344 e. The zero-order valence-corrected chi connectivity index (χ0v) is 16.7. The van der Waals surface area contributed by atoms with Gasteiger partial charge in [0.1, 0.15) is 11.3 Å². The molecule has 0 spiro atoms. The number of carboxylic acids is 1. The van der Waals surface area contributed by atoms with Crippen LogP contribution in [0.4, 0.5) is 5.69 Å². The van der Waals surface area contributed by atoms with Crippen LogP contribution in [0.25, 0.3) is 6.08 Å². The molecule has 7 nitrogen and oxygen atoms in total. The highest BCUT2D eigenvalue weighted by Gasteiger charge is 2.34. The lowest BCUT2D eigenvalue weighted by Crippen LogP contribution is -2.54. The summed E-state index contributed by atoms with van der Waals surface area (Å²) in [5.41, 5.74) is 0.883. The highest BCUT2D eigenvalue weighted by molar-refractivity contribution is 7.80. The maximum atomic E-state index is 12.9. The molecule has 2 aromatic carbocycles. The maximum absolute atomic E-state index is 12.9. The maximum Gasteiger partial charge on any atom is 0.344 e. The van der Waals surface area contributed by atoms with E-state index >= 15 is 0 Å². The summed E-state index contributed by atoms with van der Waals surface area (Å²) in [6.07, 6.45) is 0.415. The molecule has 0 aliphatic carbocycles. The number of aliphatic carboxylic acids is 1. The van der Waals surface area contributed by atoms with E-state index in [1.54, 1.807) is 48.5 Å². The number of ether oxygens (including phenoxy) is 1. The fourth-order valence-electron chi connectivity index (χ4n) is 2.57. The van der Waals surface area contributed by atoms with Crippen molar-refractivity contribution in [2.24, 2.45) is 0 Å². The number of hydrogen-bond acceptors (Lipinski definition) is 5. The number of hydrogen-bond donors (Lipinski definition) is 2. The molecule has 0 radical (unpaired) electrons. The number of carboxylic acid groups (broad SMARTS) is 1. The molecular weight excluding hydrogens is 416 g/mol. The Morgan fingerprint density at radius 3 is 2.55 bits per heavy atom. The van der Waals surface area contributed by atoms with Crippen LogP contribution in [0.5, 0.6) is 5.75 Å². The first-order valence-electron chi connectivity index (χ1n) is 8.43. The minimum atomic E-state index is -1.09. The molecule has 0 bridgehead atoms. The number of amides is 2. The number of carbonyl (C=O) groups excluding carboxylic acids is 2. The van der Waals surface area contributed by atoms with Gasteiger partial charge in [0.15, 0.2) is 11.2 Å². The minimum Gasteiger partial charge on any atom is -0.479 e. The summed E-state index contributed by atoms with van der Waals surface area (Å²) in [5.74, 6) is -1.93. The summed E-state index contributed by atoms with van der Waals surface area (Å²) < 4.78 is 5.26. The lowest BCUT2D eigenvalue weighted by molar-refractivity contribution is -0.144. The standard InChI is InChI=1S/C20H15ClN2O5S/c1-11(19(26)27)28-15-7-5-12(6-8-15)9-16-17(24)22-20(29)23(18(16)25)14-4-2-3-13(21)10-14/h2-11H,1H3,(H,26,27)(H,22,24,29)/b16-9+/t11-/m0/s1. The summed E-state index contributed by atoms with van der Waals surface area (Å²) in [4.78, 5) is 37.3. The van der Waals surface area contributed by atoms with Crippen molar-refractivity contribution in [3.63, 3.8) is 0 Å². The Kier molecular flexibility index (Phi) is 5.95. The van der Waals surface area contributed by atoms with Crippen LogP contribution < -0.4 is 15.0 Å². The van der Waals surface area contributed by atoms with Crippen molar-refractivity contribution >= 4 is 58.5 Å². The SMILES string of the molecule is C[C@H](Oc1ccc(/C=C2\C(=O)NC(=S)N(c3cccc(Cl)c3)C2=O)cc1)C(=O)O. The number of carbonyl (C=O) groups is 3. The molecule has 148 valence electrons. The first kappa shape index (κ1) is 20.5. The van der Waals surface area contributed by atoms with Gasteiger partial charge in [-0.1, -0.05) is 29.8 Å². The van der Waals surface area contributed by atoms with Crippen LogP contribution in [-0.2, 0) is 14.4 Å². The Morgan fingerprint density at radius 2 is 1.93 bits per heavy atom. The molecule has 1 fully saturated rings. The number of nitrogens with one attached hydrogen (secondary N) is 1. The molecule has 2 N–H and O–H groups in total. The molecule has 1 atom stereocenters. The third-order valence-corrected chi connectivity index (χ3v) is 4.54. The van der Waals surface area contributed by atoms with E-state index in [1.807, 2.05) is 0 Å². The summed E-state index contributed by atoms with van der Waals surface area (Å²) >= 11 is 11.1. The van der Waals surface area contributed by atoms with E-state index in [0.29, 0.717) is 22.0 Å². The fourth-order valence-corrected chi connectivity index (χ4v) is 3.04. The first-order chi connectivity index (χ1) is 13.8. The van der Waals surface area contributed by atoms with Gasteiger partial charge in [0, 0.05) is 5.02 Å². The molecule has 2 aromatic rings. The average Bonchev–Trinajstić information content (AvgIpc) is 2.66. The summed E-state index contributed by atoms with van der Waals surface area (Å²) in [6.45, 7) is 1.41. The van der Waals surface area contributed by atoms with E-state index < -0.39 is 23.9 Å². The molecular formula is C20H15ClN2O5S. The van der Waals surface area contributed by atoms with Gasteiger partial charge in [-0.25, -0.2) is 4.79 Å². The minimum absolute atomic E-state index is 0.0363. The Balaban J connectivity index is 1.87. The van der Waals surface area contributed by atoms with Gasteiger partial charge in [0.05, 0.1) is 5.69 Å². The first-order valence-corrected chi connectivity index (χ1v) is 9.21. The molecule has 1 aliphatic heterocycles. The zero-order valence-electron chi connectivity index (χ0n) is 15.1. The number of halogens is 1. The molecule has 2 amide bonds. The van der Waals surface area contributed by atoms with Crippen molar-refractivity contribution in [2.75, 3.05) is 4.90 Å². The summed E-state index contributed by atoms with van der Waals surface area (Å²) in [7, 11) is 0. The predicted octanol–water partition coefficient (Wildman–Crippen LogP) is 3.02. The monoisotopic (exact) mass is 430 g/mol. The second-order valence-corrected chi connectivity index (χ2v) is 6.93. The van der Waals surface area contributed by atoms with Crippen LogP contribution in [0, 0.1) is 0 Å². The predicted molar refractivity (Wildman–Crippen MR) is 112 cm³/mol. The van der Waals surface area contributed by atoms with E-state index in [4.69, 9.17) is 33.7 Å². The van der Waals surface area contributed by atoms with Gasteiger partial charge >= 0.3 is 5.97 Å². The van der Waals surface area contributed by atoms with Crippen LogP contribution in [-0.4, -0.2) is 34.1 Å². The fraction of sp³-hybridized carbons (Fsp3) is 0.100. The topological polar surface area (TPSA) is 95.9 Å². The second-order valence-electron chi connectivity index (χ2n) is 6.11. The quantitative estimate of drug-likeness (QED) is 0.430. The highest BCUT2D eigenvalue weighted by atomic mass is 35.5. The molecule has 1 heterocycles. The van der Waals surface area contributed by atoms with Crippen molar-refractivity contribution in [1.82, 2.24) is 5.32 Å². The lowest BCUT2D eigenvalue weighted by Gasteiger charge is -2.29. The van der Waals surface area contributed by atoms with Crippen molar-refractivity contribution in [3.8, 4) is 5.75 Å². The van der Waals surface area contributed by atoms with Gasteiger partial charge in [-0.15, -0.1) is 0 Å². The summed E-state index contributed by atoms with van der Waals surface area (Å²) in [6, 6.07) is 12.9. The largest absolute Gasteiger partial charge is 0.479 e. The average molecular weight is 431 g/mol. The number of nitrogens with zero attached hydrogens (tertiary/aromatic N) is 1. The molecule has 0 saturated carbocycles. The second kappa shape index (κ2) is 8.42. The molecule has 9 heteroatoms.